The fourth-order valence-electron chi connectivity index (χ4n) is 0.456. The monoisotopic (exact) mass is 177 g/mol. The molecule has 0 bridgehead atoms. The second kappa shape index (κ2) is 7.10. The van der Waals surface area contributed by atoms with Gasteiger partial charge in [-0.05, 0) is 13.8 Å². The average molecular weight is 177 g/mol. The van der Waals surface area contributed by atoms with Crippen molar-refractivity contribution in [2.75, 3.05) is 0 Å². The van der Waals surface area contributed by atoms with Gasteiger partial charge in [0.2, 0.25) is 0 Å². The van der Waals surface area contributed by atoms with Crippen molar-refractivity contribution in [2.45, 2.75) is 19.9 Å². The zero-order valence-electron chi connectivity index (χ0n) is 7.29. The normalized spacial score (nSPS) is 12.2. The summed E-state index contributed by atoms with van der Waals surface area (Å²) in [6, 6.07) is -0.921. The summed E-state index contributed by atoms with van der Waals surface area (Å²) in [6.45, 7) is 2.88. The molecule has 1 atom stereocenters. The molecule has 0 amide bonds. The van der Waals surface area contributed by atoms with Crippen LogP contribution in [-0.4, -0.2) is 17.8 Å². The van der Waals surface area contributed by atoms with Gasteiger partial charge in [0.1, 0.15) is 5.84 Å². The summed E-state index contributed by atoms with van der Waals surface area (Å²) in [5.74, 6) is -0.992. The summed E-state index contributed by atoms with van der Waals surface area (Å²) >= 11 is 0. The van der Waals surface area contributed by atoms with Crippen LogP contribution >= 0.6 is 0 Å². The first-order valence-corrected chi connectivity index (χ1v) is 2.98. The Hall–Kier alpha value is -0.570. The van der Waals surface area contributed by atoms with E-state index in [0.717, 1.165) is 0 Å². The number of carboxylic acids is 1. The number of carboxylic acid groups (broad SMARTS) is 1. The molecular formula is C6H8N3NaO2. The molecule has 0 spiro atoms. The molecule has 0 heterocycles. The Morgan fingerprint density at radius 1 is 1.75 bits per heavy atom. The van der Waals surface area contributed by atoms with Gasteiger partial charge in [0, 0.05) is 0 Å². The third-order valence-electron chi connectivity index (χ3n) is 0.965. The number of nitrogens with zero attached hydrogens (tertiary/aromatic N) is 2. The van der Waals surface area contributed by atoms with Crippen LogP contribution in [0.5, 0.6) is 0 Å². The van der Waals surface area contributed by atoms with E-state index < -0.39 is 12.0 Å². The standard InChI is InChI=1S/C6H9N3O2.Na/c1-4(6(10)11)9-5(2)8-3-7;/h4H,1-2H3,(H,8,9)(H,10,11);/q;+1/p-1/t4-;/m0./s1. The predicted octanol–water partition coefficient (Wildman–Crippen LogP) is -4.38. The second-order valence-corrected chi connectivity index (χ2v) is 1.95. The van der Waals surface area contributed by atoms with Crippen molar-refractivity contribution in [3.05, 3.63) is 0 Å². The van der Waals surface area contributed by atoms with Gasteiger partial charge in [-0.2, -0.15) is 5.26 Å². The van der Waals surface area contributed by atoms with Gasteiger partial charge in [0.05, 0.1) is 12.0 Å². The predicted molar refractivity (Wildman–Crippen MR) is 36.3 cm³/mol. The fourth-order valence-corrected chi connectivity index (χ4v) is 0.456. The molecule has 0 aromatic rings. The smallest absolute Gasteiger partial charge is 0.548 e. The van der Waals surface area contributed by atoms with Gasteiger partial charge in [-0.1, -0.05) is 0 Å². The molecule has 0 aliphatic carbocycles. The molecule has 5 nitrogen and oxygen atoms in total. The van der Waals surface area contributed by atoms with Gasteiger partial charge in [-0.15, -0.1) is 0 Å². The fraction of sp³-hybridized carbons (Fsp3) is 0.500. The molecular weight excluding hydrogens is 169 g/mol. The number of nitrogens with one attached hydrogen (secondary N) is 1. The zero-order chi connectivity index (χ0) is 8.85. The maximum Gasteiger partial charge on any atom is 1.00 e. The van der Waals surface area contributed by atoms with E-state index in [-0.39, 0.29) is 35.4 Å². The van der Waals surface area contributed by atoms with Crippen molar-refractivity contribution in [1.29, 1.82) is 5.26 Å². The van der Waals surface area contributed by atoms with Gasteiger partial charge in [0.15, 0.2) is 6.19 Å². The Labute approximate surface area is 92.8 Å². The minimum absolute atomic E-state index is 0. The topological polar surface area (TPSA) is 88.3 Å². The van der Waals surface area contributed by atoms with Gasteiger partial charge >= 0.3 is 29.6 Å². The molecule has 0 saturated carbocycles. The zero-order valence-corrected chi connectivity index (χ0v) is 9.29. The van der Waals surface area contributed by atoms with Gasteiger partial charge in [0.25, 0.3) is 0 Å². The Bertz CT molecular complexity index is 221. The molecule has 0 unspecified atom stereocenters. The first-order valence-electron chi connectivity index (χ1n) is 2.98. The van der Waals surface area contributed by atoms with E-state index in [1.54, 1.807) is 6.19 Å². The number of hydrogen-bond acceptors (Lipinski definition) is 4. The summed E-state index contributed by atoms with van der Waals surface area (Å²) in [6.07, 6.45) is 1.62. The summed E-state index contributed by atoms with van der Waals surface area (Å²) in [4.78, 5) is 13.7. The van der Waals surface area contributed by atoms with Gasteiger partial charge in [-0.3, -0.25) is 10.3 Å². The summed E-state index contributed by atoms with van der Waals surface area (Å²) in [5.41, 5.74) is 0. The van der Waals surface area contributed by atoms with E-state index in [2.05, 4.69) is 10.3 Å². The molecule has 1 N–H and O–H groups in total. The van der Waals surface area contributed by atoms with Crippen LogP contribution in [0.3, 0.4) is 0 Å². The van der Waals surface area contributed by atoms with E-state index in [9.17, 15) is 9.90 Å². The van der Waals surface area contributed by atoms with E-state index in [1.807, 2.05) is 0 Å². The summed E-state index contributed by atoms with van der Waals surface area (Å²) in [7, 11) is 0. The van der Waals surface area contributed by atoms with Crippen molar-refractivity contribution in [3.8, 4) is 6.19 Å². The van der Waals surface area contributed by atoms with E-state index >= 15 is 0 Å². The first kappa shape index (κ1) is 14.0. The number of amidine groups is 1. The average Bonchev–Trinajstić information content (AvgIpc) is 1.87. The Morgan fingerprint density at radius 2 is 2.25 bits per heavy atom. The molecule has 0 aromatic carbocycles. The van der Waals surface area contributed by atoms with Crippen molar-refractivity contribution in [2.24, 2.45) is 4.99 Å². The molecule has 12 heavy (non-hydrogen) atoms. The number of hydrogen-bond donors (Lipinski definition) is 1. The molecule has 0 saturated heterocycles. The summed E-state index contributed by atoms with van der Waals surface area (Å²) < 4.78 is 0. The van der Waals surface area contributed by atoms with Gasteiger partial charge < -0.3 is 9.90 Å². The molecule has 6 heteroatoms. The largest absolute Gasteiger partial charge is 1.00 e. The maximum atomic E-state index is 10.1. The van der Waals surface area contributed by atoms with Gasteiger partial charge in [-0.25, -0.2) is 0 Å². The van der Waals surface area contributed by atoms with E-state index in [4.69, 9.17) is 5.26 Å². The molecule has 0 aromatic heterocycles. The van der Waals surface area contributed by atoms with Crippen LogP contribution < -0.4 is 40.0 Å². The van der Waals surface area contributed by atoms with Crippen LogP contribution in [0.15, 0.2) is 4.99 Å². The Morgan fingerprint density at radius 3 is 2.58 bits per heavy atom. The molecule has 0 rings (SSSR count). The van der Waals surface area contributed by atoms with Crippen molar-refractivity contribution in [3.63, 3.8) is 0 Å². The minimum atomic E-state index is -1.26. The van der Waals surface area contributed by atoms with E-state index in [0.29, 0.717) is 0 Å². The van der Waals surface area contributed by atoms with Crippen LogP contribution in [0.25, 0.3) is 0 Å². The number of carbonyl (C=O) groups excluding carboxylic acids is 1. The summed E-state index contributed by atoms with van der Waals surface area (Å²) in [5, 5.41) is 20.4. The second-order valence-electron chi connectivity index (χ2n) is 1.95. The quantitative estimate of drug-likeness (QED) is 0.152. The molecule has 0 aliphatic rings. The van der Waals surface area contributed by atoms with Crippen LogP contribution in [-0.2, 0) is 4.79 Å². The number of aliphatic carboxylic acids is 1. The van der Waals surface area contributed by atoms with Crippen molar-refractivity contribution >= 4 is 11.8 Å². The number of rotatable bonds is 2. The third-order valence-corrected chi connectivity index (χ3v) is 0.965. The van der Waals surface area contributed by atoms with Crippen LogP contribution in [0.1, 0.15) is 13.8 Å². The number of carbonyl (C=O) groups is 1. The maximum absolute atomic E-state index is 10.1. The first-order chi connectivity index (χ1) is 5.07. The number of nitriles is 1. The molecule has 0 radical (unpaired) electrons. The third kappa shape index (κ3) is 6.16. The van der Waals surface area contributed by atoms with Crippen LogP contribution in [0, 0.1) is 11.5 Å². The Kier molecular flexibility index (Phi) is 8.27. The number of aliphatic imine (C=N–C) groups is 1. The van der Waals surface area contributed by atoms with E-state index in [1.165, 1.54) is 13.8 Å². The molecule has 60 valence electrons. The van der Waals surface area contributed by atoms with Crippen LogP contribution in [0.2, 0.25) is 0 Å². The van der Waals surface area contributed by atoms with Crippen molar-refractivity contribution in [1.82, 2.24) is 5.32 Å². The minimum Gasteiger partial charge on any atom is -0.548 e. The molecule has 0 aliphatic heterocycles. The SMILES string of the molecule is CC(=N[C@@H](C)C(=O)[O-])NC#N.[Na+]. The molecule has 0 fully saturated rings. The van der Waals surface area contributed by atoms with Crippen LogP contribution in [0.4, 0.5) is 0 Å². The Balaban J connectivity index is 0. The van der Waals surface area contributed by atoms with Crippen molar-refractivity contribution < 1.29 is 39.5 Å².